The van der Waals surface area contributed by atoms with Gasteiger partial charge < -0.3 is 14.5 Å². The Hall–Kier alpha value is -1.78. The lowest BCUT2D eigenvalue weighted by molar-refractivity contribution is 0.298. The van der Waals surface area contributed by atoms with Gasteiger partial charge >= 0.3 is 0 Å². The highest BCUT2D eigenvalue weighted by molar-refractivity contribution is 6.30. The van der Waals surface area contributed by atoms with Crippen LogP contribution in [0.2, 0.25) is 5.02 Å². The summed E-state index contributed by atoms with van der Waals surface area (Å²) in [5.41, 5.74) is 3.13. The number of halogens is 2. The Bertz CT molecular complexity index is 748. The van der Waals surface area contributed by atoms with Gasteiger partial charge in [-0.05, 0) is 57.7 Å². The Morgan fingerprint density at radius 3 is 2.62 bits per heavy atom. The van der Waals surface area contributed by atoms with E-state index in [0.717, 1.165) is 42.9 Å². The molecule has 0 aromatic heterocycles. The molecule has 0 saturated heterocycles. The van der Waals surface area contributed by atoms with E-state index in [1.165, 1.54) is 6.07 Å². The molecule has 0 amide bonds. The average molecular weight is 377 g/mol. The highest BCUT2D eigenvalue weighted by atomic mass is 35.5. The zero-order valence-corrected chi connectivity index (χ0v) is 16.4. The van der Waals surface area contributed by atoms with E-state index in [1.807, 2.05) is 24.3 Å². The van der Waals surface area contributed by atoms with Crippen LogP contribution in [-0.2, 0) is 6.61 Å². The lowest BCUT2D eigenvalue weighted by atomic mass is 9.96. The number of rotatable bonds is 7. The number of fused-ring (bicyclic) bond motifs is 1. The molecule has 26 heavy (non-hydrogen) atoms. The van der Waals surface area contributed by atoms with Crippen LogP contribution in [0.1, 0.15) is 30.4 Å². The van der Waals surface area contributed by atoms with Gasteiger partial charge in [-0.25, -0.2) is 4.39 Å². The summed E-state index contributed by atoms with van der Waals surface area (Å²) in [6, 6.07) is 10.7. The van der Waals surface area contributed by atoms with Gasteiger partial charge in [0.25, 0.3) is 0 Å². The Labute approximate surface area is 160 Å². The highest BCUT2D eigenvalue weighted by Gasteiger charge is 2.31. The highest BCUT2D eigenvalue weighted by Crippen LogP contribution is 2.44. The molecular formula is C21H26ClFN2O. The molecule has 2 aromatic rings. The molecule has 1 unspecified atom stereocenters. The Morgan fingerprint density at radius 2 is 1.96 bits per heavy atom. The number of anilines is 1. The van der Waals surface area contributed by atoms with Crippen LogP contribution in [0.25, 0.3) is 0 Å². The van der Waals surface area contributed by atoms with E-state index in [-0.39, 0.29) is 5.82 Å². The molecule has 3 rings (SSSR count). The first-order chi connectivity index (χ1) is 12.5. The molecule has 5 heteroatoms. The van der Waals surface area contributed by atoms with Crippen molar-refractivity contribution in [2.24, 2.45) is 0 Å². The molecule has 1 aliphatic rings. The molecule has 0 fully saturated rings. The first-order valence-electron chi connectivity index (χ1n) is 9.08. The summed E-state index contributed by atoms with van der Waals surface area (Å²) in [5.74, 6) is 0.768. The maximum atomic E-state index is 14.2. The maximum Gasteiger partial charge on any atom is 0.128 e. The van der Waals surface area contributed by atoms with E-state index < -0.39 is 0 Å². The minimum Gasteiger partial charge on any atom is -0.488 e. The van der Waals surface area contributed by atoms with Gasteiger partial charge in [-0.3, -0.25) is 0 Å². The van der Waals surface area contributed by atoms with E-state index in [2.05, 4.69) is 30.8 Å². The largest absolute Gasteiger partial charge is 0.488 e. The maximum absolute atomic E-state index is 14.2. The van der Waals surface area contributed by atoms with Crippen molar-refractivity contribution >= 4 is 17.3 Å². The molecule has 1 atom stereocenters. The number of nitrogens with zero attached hydrogens (tertiary/aromatic N) is 2. The van der Waals surface area contributed by atoms with E-state index in [0.29, 0.717) is 23.3 Å². The van der Waals surface area contributed by atoms with Crippen molar-refractivity contribution < 1.29 is 9.13 Å². The van der Waals surface area contributed by atoms with E-state index >= 15 is 0 Å². The van der Waals surface area contributed by atoms with Crippen molar-refractivity contribution in [1.29, 1.82) is 0 Å². The standard InChI is InChI=1S/C21H26ClFN2O/c1-4-25-13-16(9-10-24(2)3)21-19(25)11-18(23)12-20(21)26-14-15-5-7-17(22)8-6-15/h5-8,11-12,16H,4,9-10,13-14H2,1-3H3. The second kappa shape index (κ2) is 8.28. The second-order valence-electron chi connectivity index (χ2n) is 7.08. The normalized spacial score (nSPS) is 16.2. The topological polar surface area (TPSA) is 15.7 Å². The van der Waals surface area contributed by atoms with Crippen LogP contribution in [0.15, 0.2) is 36.4 Å². The van der Waals surface area contributed by atoms with Crippen molar-refractivity contribution in [1.82, 2.24) is 4.90 Å². The van der Waals surface area contributed by atoms with Crippen molar-refractivity contribution in [3.05, 3.63) is 58.4 Å². The van der Waals surface area contributed by atoms with Crippen LogP contribution in [0, 0.1) is 5.82 Å². The minimum absolute atomic E-state index is 0.249. The van der Waals surface area contributed by atoms with Crippen LogP contribution in [0.3, 0.4) is 0 Å². The average Bonchev–Trinajstić information content (AvgIpc) is 2.97. The number of benzene rings is 2. The van der Waals surface area contributed by atoms with Crippen LogP contribution >= 0.6 is 11.6 Å². The van der Waals surface area contributed by atoms with Crippen molar-refractivity contribution in [3.8, 4) is 5.75 Å². The van der Waals surface area contributed by atoms with Gasteiger partial charge in [-0.1, -0.05) is 23.7 Å². The van der Waals surface area contributed by atoms with Crippen molar-refractivity contribution in [2.75, 3.05) is 38.6 Å². The molecule has 0 aliphatic carbocycles. The third kappa shape index (κ3) is 4.30. The molecule has 1 heterocycles. The number of hydrogen-bond donors (Lipinski definition) is 0. The summed E-state index contributed by atoms with van der Waals surface area (Å²) in [4.78, 5) is 4.43. The van der Waals surface area contributed by atoms with Gasteiger partial charge in [-0.2, -0.15) is 0 Å². The Morgan fingerprint density at radius 1 is 1.23 bits per heavy atom. The van der Waals surface area contributed by atoms with Gasteiger partial charge in [0.15, 0.2) is 0 Å². The second-order valence-corrected chi connectivity index (χ2v) is 7.52. The molecule has 2 aromatic carbocycles. The first-order valence-corrected chi connectivity index (χ1v) is 9.46. The van der Waals surface area contributed by atoms with E-state index in [9.17, 15) is 4.39 Å². The summed E-state index contributed by atoms with van der Waals surface area (Å²) in [6.45, 7) is 5.29. The zero-order valence-electron chi connectivity index (χ0n) is 15.6. The summed E-state index contributed by atoms with van der Waals surface area (Å²) in [5, 5.41) is 0.697. The molecule has 0 bridgehead atoms. The summed E-state index contributed by atoms with van der Waals surface area (Å²) >= 11 is 5.94. The smallest absolute Gasteiger partial charge is 0.128 e. The Kier molecular flexibility index (Phi) is 6.05. The fourth-order valence-electron chi connectivity index (χ4n) is 3.52. The molecule has 0 N–H and O–H groups in total. The SMILES string of the molecule is CCN1CC(CCN(C)C)c2c(OCc3ccc(Cl)cc3)cc(F)cc21. The fourth-order valence-corrected chi connectivity index (χ4v) is 3.64. The predicted molar refractivity (Wildman–Crippen MR) is 106 cm³/mol. The monoisotopic (exact) mass is 376 g/mol. The van der Waals surface area contributed by atoms with E-state index in [1.54, 1.807) is 6.07 Å². The van der Waals surface area contributed by atoms with E-state index in [4.69, 9.17) is 16.3 Å². The molecule has 0 spiro atoms. The van der Waals surface area contributed by atoms with Crippen LogP contribution in [0.5, 0.6) is 5.75 Å². The quantitative estimate of drug-likeness (QED) is 0.681. The molecule has 1 aliphatic heterocycles. The van der Waals surface area contributed by atoms with Gasteiger partial charge in [0.05, 0.1) is 0 Å². The third-order valence-electron chi connectivity index (χ3n) is 4.89. The fraction of sp³-hybridized carbons (Fsp3) is 0.429. The summed E-state index contributed by atoms with van der Waals surface area (Å²) < 4.78 is 20.3. The van der Waals surface area contributed by atoms with Gasteiger partial charge in [0, 0.05) is 41.3 Å². The van der Waals surface area contributed by atoms with Gasteiger partial charge in [-0.15, -0.1) is 0 Å². The van der Waals surface area contributed by atoms with Crippen LogP contribution in [0.4, 0.5) is 10.1 Å². The molecule has 0 saturated carbocycles. The number of likely N-dealkylation sites (N-methyl/N-ethyl adjacent to an activating group) is 1. The molecule has 3 nitrogen and oxygen atoms in total. The first kappa shape index (κ1) is 19.0. The zero-order chi connectivity index (χ0) is 18.7. The lowest BCUT2D eigenvalue weighted by Gasteiger charge is -2.18. The van der Waals surface area contributed by atoms with Crippen LogP contribution < -0.4 is 9.64 Å². The lowest BCUT2D eigenvalue weighted by Crippen LogP contribution is -2.23. The van der Waals surface area contributed by atoms with Gasteiger partial charge in [0.2, 0.25) is 0 Å². The van der Waals surface area contributed by atoms with Gasteiger partial charge in [0.1, 0.15) is 18.2 Å². The van der Waals surface area contributed by atoms with Crippen molar-refractivity contribution in [2.45, 2.75) is 25.9 Å². The molecular weight excluding hydrogens is 351 g/mol. The summed E-state index contributed by atoms with van der Waals surface area (Å²) in [7, 11) is 4.16. The predicted octanol–water partition coefficient (Wildman–Crippen LogP) is 4.93. The molecule has 0 radical (unpaired) electrons. The molecule has 140 valence electrons. The Balaban J connectivity index is 1.86. The minimum atomic E-state index is -0.249. The number of ether oxygens (including phenoxy) is 1. The third-order valence-corrected chi connectivity index (χ3v) is 5.14. The van der Waals surface area contributed by atoms with Crippen LogP contribution in [-0.4, -0.2) is 38.6 Å². The summed E-state index contributed by atoms with van der Waals surface area (Å²) in [6.07, 6.45) is 1.03. The number of hydrogen-bond acceptors (Lipinski definition) is 3. The van der Waals surface area contributed by atoms with Crippen molar-refractivity contribution in [3.63, 3.8) is 0 Å².